The highest BCUT2D eigenvalue weighted by Crippen LogP contribution is 2.31. The minimum Gasteiger partial charge on any atom is -0.494 e. The average Bonchev–Trinajstić information content (AvgIpc) is 2.48. The normalized spacial score (nSPS) is 23.8. The van der Waals surface area contributed by atoms with E-state index in [9.17, 15) is 0 Å². The average molecular weight is 278 g/mol. The van der Waals surface area contributed by atoms with E-state index in [-0.39, 0.29) is 12.1 Å². The largest absolute Gasteiger partial charge is 0.494 e. The van der Waals surface area contributed by atoms with Gasteiger partial charge in [0, 0.05) is 13.1 Å². The van der Waals surface area contributed by atoms with Crippen molar-refractivity contribution >= 4 is 0 Å². The van der Waals surface area contributed by atoms with Crippen molar-refractivity contribution in [2.45, 2.75) is 32.4 Å². The molecule has 1 aliphatic rings. The van der Waals surface area contributed by atoms with E-state index in [0.29, 0.717) is 13.2 Å². The van der Waals surface area contributed by atoms with Gasteiger partial charge in [-0.25, -0.2) is 0 Å². The SMILES string of the molecule is CCCN1CCOC(CN)C1c1cccc(OCC)c1. The Morgan fingerprint density at radius 2 is 2.25 bits per heavy atom. The van der Waals surface area contributed by atoms with Crippen molar-refractivity contribution in [3.05, 3.63) is 29.8 Å². The molecule has 1 aromatic rings. The van der Waals surface area contributed by atoms with Gasteiger partial charge in [-0.15, -0.1) is 0 Å². The van der Waals surface area contributed by atoms with E-state index in [1.54, 1.807) is 0 Å². The predicted octanol–water partition coefficient (Wildman–Crippen LogP) is 2.20. The number of nitrogens with two attached hydrogens (primary N) is 1. The second-order valence-corrected chi connectivity index (χ2v) is 5.13. The van der Waals surface area contributed by atoms with Crippen molar-refractivity contribution in [3.8, 4) is 5.75 Å². The Kier molecular flexibility index (Phi) is 5.83. The summed E-state index contributed by atoms with van der Waals surface area (Å²) in [5, 5.41) is 0. The topological polar surface area (TPSA) is 47.7 Å². The summed E-state index contributed by atoms with van der Waals surface area (Å²) in [5.74, 6) is 0.919. The molecule has 0 radical (unpaired) electrons. The van der Waals surface area contributed by atoms with Gasteiger partial charge >= 0.3 is 0 Å². The van der Waals surface area contributed by atoms with Crippen LogP contribution in [0.4, 0.5) is 0 Å². The van der Waals surface area contributed by atoms with Crippen LogP contribution < -0.4 is 10.5 Å². The maximum absolute atomic E-state index is 5.90. The molecule has 112 valence electrons. The van der Waals surface area contributed by atoms with E-state index < -0.39 is 0 Å². The van der Waals surface area contributed by atoms with Crippen molar-refractivity contribution in [2.75, 3.05) is 32.8 Å². The molecule has 20 heavy (non-hydrogen) atoms. The lowest BCUT2D eigenvalue weighted by molar-refractivity contribution is -0.0676. The van der Waals surface area contributed by atoms with Crippen molar-refractivity contribution in [2.24, 2.45) is 5.73 Å². The van der Waals surface area contributed by atoms with Gasteiger partial charge in [-0.2, -0.15) is 0 Å². The van der Waals surface area contributed by atoms with Crippen LogP contribution in [-0.4, -0.2) is 43.9 Å². The molecule has 2 atom stereocenters. The van der Waals surface area contributed by atoms with Gasteiger partial charge in [0.2, 0.25) is 0 Å². The first kappa shape index (κ1) is 15.3. The van der Waals surface area contributed by atoms with E-state index in [2.05, 4.69) is 24.0 Å². The molecule has 0 aliphatic carbocycles. The third-order valence-corrected chi connectivity index (χ3v) is 3.71. The zero-order valence-electron chi connectivity index (χ0n) is 12.5. The van der Waals surface area contributed by atoms with Gasteiger partial charge in [-0.05, 0) is 37.6 Å². The Balaban J connectivity index is 2.25. The molecule has 1 fully saturated rings. The minimum absolute atomic E-state index is 0.0622. The highest BCUT2D eigenvalue weighted by Gasteiger charge is 2.32. The fourth-order valence-electron chi connectivity index (χ4n) is 2.90. The second kappa shape index (κ2) is 7.62. The smallest absolute Gasteiger partial charge is 0.119 e. The molecule has 0 amide bonds. The zero-order valence-corrected chi connectivity index (χ0v) is 12.5. The molecule has 4 nitrogen and oxygen atoms in total. The number of hydrogen-bond donors (Lipinski definition) is 1. The molecule has 0 saturated carbocycles. The number of morpholine rings is 1. The van der Waals surface area contributed by atoms with Crippen molar-refractivity contribution in [3.63, 3.8) is 0 Å². The van der Waals surface area contributed by atoms with Crippen LogP contribution in [-0.2, 0) is 4.74 Å². The van der Waals surface area contributed by atoms with E-state index in [4.69, 9.17) is 15.2 Å². The molecule has 2 unspecified atom stereocenters. The lowest BCUT2D eigenvalue weighted by atomic mass is 9.97. The lowest BCUT2D eigenvalue weighted by Crippen LogP contribution is -2.48. The van der Waals surface area contributed by atoms with Crippen molar-refractivity contribution in [1.29, 1.82) is 0 Å². The molecular formula is C16H26N2O2. The molecule has 0 bridgehead atoms. The lowest BCUT2D eigenvalue weighted by Gasteiger charge is -2.41. The van der Waals surface area contributed by atoms with Crippen LogP contribution in [0.25, 0.3) is 0 Å². The molecule has 1 heterocycles. The molecule has 4 heteroatoms. The van der Waals surface area contributed by atoms with E-state index in [1.807, 2.05) is 19.1 Å². The third kappa shape index (κ3) is 3.51. The highest BCUT2D eigenvalue weighted by atomic mass is 16.5. The van der Waals surface area contributed by atoms with E-state index in [1.165, 1.54) is 5.56 Å². The Morgan fingerprint density at radius 1 is 1.40 bits per heavy atom. The molecule has 0 aromatic heterocycles. The standard InChI is InChI=1S/C16H26N2O2/c1-3-8-18-9-10-20-15(12-17)16(18)13-6-5-7-14(11-13)19-4-2/h5-7,11,15-16H,3-4,8-10,12,17H2,1-2H3. The van der Waals surface area contributed by atoms with Crippen molar-refractivity contribution in [1.82, 2.24) is 4.90 Å². The summed E-state index contributed by atoms with van der Waals surface area (Å²) in [7, 11) is 0. The number of ether oxygens (including phenoxy) is 2. The predicted molar refractivity (Wildman–Crippen MR) is 81.0 cm³/mol. The molecule has 2 N–H and O–H groups in total. The molecule has 1 aliphatic heterocycles. The van der Waals surface area contributed by atoms with Crippen LogP contribution in [0.15, 0.2) is 24.3 Å². The summed E-state index contributed by atoms with van der Waals surface area (Å²) in [6, 6.07) is 8.54. The number of hydrogen-bond acceptors (Lipinski definition) is 4. The maximum Gasteiger partial charge on any atom is 0.119 e. The minimum atomic E-state index is 0.0622. The van der Waals surface area contributed by atoms with Crippen LogP contribution >= 0.6 is 0 Å². The van der Waals surface area contributed by atoms with Crippen LogP contribution in [0.5, 0.6) is 5.75 Å². The van der Waals surface area contributed by atoms with Gasteiger partial charge in [0.25, 0.3) is 0 Å². The van der Waals surface area contributed by atoms with Gasteiger partial charge in [0.1, 0.15) is 5.75 Å². The first-order valence-corrected chi connectivity index (χ1v) is 7.58. The van der Waals surface area contributed by atoms with E-state index >= 15 is 0 Å². The number of benzene rings is 1. The van der Waals surface area contributed by atoms with Gasteiger partial charge in [-0.1, -0.05) is 19.1 Å². The fourth-order valence-corrected chi connectivity index (χ4v) is 2.90. The fraction of sp³-hybridized carbons (Fsp3) is 0.625. The number of rotatable bonds is 6. The molecule has 1 aromatic carbocycles. The Bertz CT molecular complexity index is 409. The highest BCUT2D eigenvalue weighted by molar-refractivity contribution is 5.31. The van der Waals surface area contributed by atoms with Gasteiger partial charge in [0.15, 0.2) is 0 Å². The quantitative estimate of drug-likeness (QED) is 0.866. The second-order valence-electron chi connectivity index (χ2n) is 5.13. The van der Waals surface area contributed by atoms with E-state index in [0.717, 1.165) is 31.9 Å². The Labute approximate surface area is 121 Å². The maximum atomic E-state index is 5.90. The summed E-state index contributed by atoms with van der Waals surface area (Å²) < 4.78 is 11.5. The van der Waals surface area contributed by atoms with Gasteiger partial charge in [0.05, 0.1) is 25.4 Å². The summed E-state index contributed by atoms with van der Waals surface area (Å²) in [4.78, 5) is 2.48. The summed E-state index contributed by atoms with van der Waals surface area (Å²) in [6.07, 6.45) is 1.20. The van der Waals surface area contributed by atoms with Crippen LogP contribution in [0.1, 0.15) is 31.9 Å². The third-order valence-electron chi connectivity index (χ3n) is 3.71. The molecule has 1 saturated heterocycles. The van der Waals surface area contributed by atoms with Crippen LogP contribution in [0.2, 0.25) is 0 Å². The zero-order chi connectivity index (χ0) is 14.4. The number of nitrogens with zero attached hydrogens (tertiary/aromatic N) is 1. The molecule has 2 rings (SSSR count). The summed E-state index contributed by atoms with van der Waals surface area (Å²) in [5.41, 5.74) is 7.14. The van der Waals surface area contributed by atoms with Crippen molar-refractivity contribution < 1.29 is 9.47 Å². The van der Waals surface area contributed by atoms with Crippen LogP contribution in [0.3, 0.4) is 0 Å². The first-order valence-electron chi connectivity index (χ1n) is 7.58. The molecule has 0 spiro atoms. The van der Waals surface area contributed by atoms with Gasteiger partial charge in [-0.3, -0.25) is 4.90 Å². The van der Waals surface area contributed by atoms with Crippen LogP contribution in [0, 0.1) is 0 Å². The summed E-state index contributed by atoms with van der Waals surface area (Å²) in [6.45, 7) is 8.25. The Morgan fingerprint density at radius 3 is 2.95 bits per heavy atom. The molecular weight excluding hydrogens is 252 g/mol. The Hall–Kier alpha value is -1.10. The first-order chi connectivity index (χ1) is 9.80. The summed E-state index contributed by atoms with van der Waals surface area (Å²) >= 11 is 0. The monoisotopic (exact) mass is 278 g/mol. The van der Waals surface area contributed by atoms with Gasteiger partial charge < -0.3 is 15.2 Å².